The van der Waals surface area contributed by atoms with Crippen LogP contribution in [0.1, 0.15) is 42.7 Å². The molecule has 1 aliphatic rings. The fraction of sp³-hybridized carbons (Fsp3) is 0.368. The highest BCUT2D eigenvalue weighted by molar-refractivity contribution is 5.45. The zero-order valence-corrected chi connectivity index (χ0v) is 14.5. The fourth-order valence-electron chi connectivity index (χ4n) is 3.04. The second kappa shape index (κ2) is 6.72. The summed E-state index contributed by atoms with van der Waals surface area (Å²) in [4.78, 5) is 15.1. The third-order valence-electron chi connectivity index (χ3n) is 4.59. The Balaban J connectivity index is 1.34. The molecule has 0 saturated carbocycles. The van der Waals surface area contributed by atoms with Gasteiger partial charge in [0.1, 0.15) is 5.69 Å². The van der Waals surface area contributed by atoms with Crippen molar-refractivity contribution in [3.63, 3.8) is 0 Å². The van der Waals surface area contributed by atoms with E-state index in [1.54, 1.807) is 18.6 Å². The topological polar surface area (TPSA) is 67.9 Å². The van der Waals surface area contributed by atoms with Gasteiger partial charge in [-0.05, 0) is 17.0 Å². The molecule has 1 aromatic carbocycles. The van der Waals surface area contributed by atoms with Crippen LogP contribution in [0, 0.1) is 0 Å². The molecule has 2 aromatic heterocycles. The molecule has 0 unspecified atom stereocenters. The van der Waals surface area contributed by atoms with E-state index < -0.39 is 0 Å². The van der Waals surface area contributed by atoms with Crippen LogP contribution in [0.15, 0.2) is 47.4 Å². The van der Waals surface area contributed by atoms with Crippen molar-refractivity contribution >= 4 is 0 Å². The summed E-state index contributed by atoms with van der Waals surface area (Å²) in [5, 5.41) is 4.02. The summed E-state index contributed by atoms with van der Waals surface area (Å²) in [6.07, 6.45) is 4.89. The van der Waals surface area contributed by atoms with Gasteiger partial charge in [-0.2, -0.15) is 4.98 Å². The minimum atomic E-state index is 0.299. The third-order valence-corrected chi connectivity index (χ3v) is 4.59. The first-order chi connectivity index (χ1) is 12.2. The lowest BCUT2D eigenvalue weighted by Gasteiger charge is -2.37. The summed E-state index contributed by atoms with van der Waals surface area (Å²) < 4.78 is 5.41. The third kappa shape index (κ3) is 3.44. The first-order valence-corrected chi connectivity index (χ1v) is 8.60. The lowest BCUT2D eigenvalue weighted by molar-refractivity contribution is 0.117. The summed E-state index contributed by atoms with van der Waals surface area (Å²) in [5.41, 5.74) is 3.36. The highest BCUT2D eigenvalue weighted by Gasteiger charge is 2.32. The molecule has 3 aromatic rings. The molecule has 1 aliphatic heterocycles. The van der Waals surface area contributed by atoms with Crippen LogP contribution in [0.3, 0.4) is 0 Å². The minimum Gasteiger partial charge on any atom is -0.339 e. The van der Waals surface area contributed by atoms with Crippen LogP contribution in [0.2, 0.25) is 0 Å². The van der Waals surface area contributed by atoms with E-state index in [2.05, 4.69) is 63.1 Å². The van der Waals surface area contributed by atoms with Gasteiger partial charge in [0.05, 0.1) is 12.1 Å². The molecule has 0 amide bonds. The lowest BCUT2D eigenvalue weighted by Crippen LogP contribution is -2.44. The van der Waals surface area contributed by atoms with Crippen molar-refractivity contribution in [1.82, 2.24) is 25.0 Å². The van der Waals surface area contributed by atoms with E-state index in [0.29, 0.717) is 29.2 Å². The van der Waals surface area contributed by atoms with E-state index in [0.717, 1.165) is 19.6 Å². The summed E-state index contributed by atoms with van der Waals surface area (Å²) in [7, 11) is 0. The highest BCUT2D eigenvalue weighted by Crippen LogP contribution is 2.28. The van der Waals surface area contributed by atoms with Crippen LogP contribution in [0.25, 0.3) is 11.5 Å². The molecule has 0 N–H and O–H groups in total. The normalized spacial score (nSPS) is 15.5. The first kappa shape index (κ1) is 15.9. The largest absolute Gasteiger partial charge is 0.339 e. The van der Waals surface area contributed by atoms with Crippen LogP contribution in [0.5, 0.6) is 0 Å². The van der Waals surface area contributed by atoms with Gasteiger partial charge in [0, 0.05) is 32.0 Å². The number of hydrogen-bond acceptors (Lipinski definition) is 6. The summed E-state index contributed by atoms with van der Waals surface area (Å²) in [5.74, 6) is 2.06. The molecule has 3 heterocycles. The highest BCUT2D eigenvalue weighted by atomic mass is 16.5. The number of likely N-dealkylation sites (tertiary alicyclic amines) is 1. The van der Waals surface area contributed by atoms with Gasteiger partial charge < -0.3 is 4.52 Å². The van der Waals surface area contributed by atoms with E-state index in [-0.39, 0.29) is 0 Å². The van der Waals surface area contributed by atoms with Crippen molar-refractivity contribution in [3.8, 4) is 11.5 Å². The van der Waals surface area contributed by atoms with E-state index in [1.165, 1.54) is 11.1 Å². The number of nitrogens with zero attached hydrogens (tertiary/aromatic N) is 5. The Bertz CT molecular complexity index is 823. The number of aromatic nitrogens is 4. The van der Waals surface area contributed by atoms with Gasteiger partial charge in [0.2, 0.25) is 11.7 Å². The smallest absolute Gasteiger partial charge is 0.232 e. The van der Waals surface area contributed by atoms with Gasteiger partial charge in [-0.15, -0.1) is 0 Å². The number of rotatable bonds is 5. The van der Waals surface area contributed by atoms with Crippen LogP contribution in [-0.2, 0) is 6.54 Å². The number of benzene rings is 1. The van der Waals surface area contributed by atoms with Crippen molar-refractivity contribution in [3.05, 3.63) is 59.9 Å². The Hall–Kier alpha value is -2.60. The van der Waals surface area contributed by atoms with Crippen LogP contribution >= 0.6 is 0 Å². The fourth-order valence-corrected chi connectivity index (χ4v) is 3.04. The molecule has 25 heavy (non-hydrogen) atoms. The van der Waals surface area contributed by atoms with E-state index in [4.69, 9.17) is 4.52 Å². The maximum atomic E-state index is 5.41. The molecule has 0 aliphatic carbocycles. The summed E-state index contributed by atoms with van der Waals surface area (Å²) in [6, 6.07) is 8.90. The van der Waals surface area contributed by atoms with Gasteiger partial charge in [-0.3, -0.25) is 9.88 Å². The van der Waals surface area contributed by atoms with Gasteiger partial charge in [0.25, 0.3) is 0 Å². The minimum absolute atomic E-state index is 0.299. The molecule has 1 saturated heterocycles. The maximum Gasteiger partial charge on any atom is 0.232 e. The van der Waals surface area contributed by atoms with Crippen LogP contribution in [0.4, 0.5) is 0 Å². The van der Waals surface area contributed by atoms with Crippen molar-refractivity contribution in [2.75, 3.05) is 13.1 Å². The molecule has 6 heteroatoms. The summed E-state index contributed by atoms with van der Waals surface area (Å²) >= 11 is 0. The van der Waals surface area contributed by atoms with Crippen molar-refractivity contribution in [2.24, 2.45) is 0 Å². The molecular weight excluding hydrogens is 314 g/mol. The molecule has 0 radical (unpaired) electrons. The first-order valence-electron chi connectivity index (χ1n) is 8.60. The molecule has 4 rings (SSSR count). The predicted molar refractivity (Wildman–Crippen MR) is 93.9 cm³/mol. The molecule has 128 valence electrons. The van der Waals surface area contributed by atoms with Gasteiger partial charge in [-0.25, -0.2) is 4.98 Å². The Labute approximate surface area is 146 Å². The standard InChI is InChI=1S/C19H21N5O/c1-13(2)15-5-3-14(4-6-15)10-24-11-16(12-24)19-22-18(23-25-19)17-9-20-7-8-21-17/h3-9,13,16H,10-12H2,1-2H3. The van der Waals surface area contributed by atoms with Crippen molar-refractivity contribution in [2.45, 2.75) is 32.2 Å². The van der Waals surface area contributed by atoms with Crippen LogP contribution < -0.4 is 0 Å². The Kier molecular flexibility index (Phi) is 4.28. The molecule has 0 bridgehead atoms. The molecular formula is C19H21N5O. The Morgan fingerprint density at radius 2 is 1.96 bits per heavy atom. The van der Waals surface area contributed by atoms with Crippen LogP contribution in [-0.4, -0.2) is 38.1 Å². The second-order valence-electron chi connectivity index (χ2n) is 6.83. The SMILES string of the molecule is CC(C)c1ccc(CN2CC(c3nc(-c4cnccn4)no3)C2)cc1. The van der Waals surface area contributed by atoms with E-state index in [9.17, 15) is 0 Å². The Morgan fingerprint density at radius 1 is 1.16 bits per heavy atom. The zero-order chi connectivity index (χ0) is 17.2. The van der Waals surface area contributed by atoms with Gasteiger partial charge in [-0.1, -0.05) is 43.3 Å². The quantitative estimate of drug-likeness (QED) is 0.713. The average Bonchev–Trinajstić information content (AvgIpc) is 3.08. The van der Waals surface area contributed by atoms with Gasteiger partial charge in [0.15, 0.2) is 0 Å². The van der Waals surface area contributed by atoms with E-state index >= 15 is 0 Å². The summed E-state index contributed by atoms with van der Waals surface area (Å²) in [6.45, 7) is 7.27. The molecule has 1 fully saturated rings. The Morgan fingerprint density at radius 3 is 2.64 bits per heavy atom. The predicted octanol–water partition coefficient (Wildman–Crippen LogP) is 3.25. The average molecular weight is 335 g/mol. The molecule has 0 spiro atoms. The monoisotopic (exact) mass is 335 g/mol. The molecule has 6 nitrogen and oxygen atoms in total. The van der Waals surface area contributed by atoms with E-state index in [1.807, 2.05) is 0 Å². The van der Waals surface area contributed by atoms with Gasteiger partial charge >= 0.3 is 0 Å². The van der Waals surface area contributed by atoms with Crippen molar-refractivity contribution in [1.29, 1.82) is 0 Å². The molecule has 0 atom stereocenters. The number of hydrogen-bond donors (Lipinski definition) is 0. The second-order valence-corrected chi connectivity index (χ2v) is 6.83. The zero-order valence-electron chi connectivity index (χ0n) is 14.5. The van der Waals surface area contributed by atoms with Crippen molar-refractivity contribution < 1.29 is 4.52 Å². The maximum absolute atomic E-state index is 5.41. The lowest BCUT2D eigenvalue weighted by atomic mass is 9.98.